The fourth-order valence-corrected chi connectivity index (χ4v) is 1.66. The van der Waals surface area contributed by atoms with Crippen LogP contribution in [-0.2, 0) is 0 Å². The van der Waals surface area contributed by atoms with Crippen molar-refractivity contribution in [2.24, 2.45) is 10.7 Å². The van der Waals surface area contributed by atoms with Crippen molar-refractivity contribution in [1.29, 1.82) is 0 Å². The van der Waals surface area contributed by atoms with Gasteiger partial charge in [-0.2, -0.15) is 0 Å². The summed E-state index contributed by atoms with van der Waals surface area (Å²) in [7, 11) is 1.98. The summed E-state index contributed by atoms with van der Waals surface area (Å²) in [6, 6.07) is 0. The Morgan fingerprint density at radius 2 is 2.36 bits per heavy atom. The molecule has 1 aliphatic heterocycles. The fraction of sp³-hybridized carbons (Fsp3) is 0.235. The van der Waals surface area contributed by atoms with E-state index in [9.17, 15) is 0 Å². The molecule has 0 spiro atoms. The van der Waals surface area contributed by atoms with Crippen LogP contribution in [0.2, 0.25) is 0 Å². The van der Waals surface area contributed by atoms with Gasteiger partial charge in [0.2, 0.25) is 6.20 Å². The number of hydrazine groups is 1. The largest absolute Gasteiger partial charge is 0.401 e. The van der Waals surface area contributed by atoms with Crippen LogP contribution >= 0.6 is 0 Å². The number of hydrogen-bond donors (Lipinski definition) is 3. The molecule has 1 aliphatic rings. The Bertz CT molecular complexity index is 593. The molecule has 0 amide bonds. The highest BCUT2D eigenvalue weighted by atomic mass is 15.4. The van der Waals surface area contributed by atoms with Crippen LogP contribution in [0.1, 0.15) is 13.3 Å². The van der Waals surface area contributed by atoms with E-state index < -0.39 is 0 Å². The molecular formula is C17H24N5+. The Morgan fingerprint density at radius 1 is 1.55 bits per heavy atom. The lowest BCUT2D eigenvalue weighted by Gasteiger charge is -2.07. The second-order valence-corrected chi connectivity index (χ2v) is 4.74. The second-order valence-electron chi connectivity index (χ2n) is 4.74. The van der Waals surface area contributed by atoms with E-state index in [-0.39, 0.29) is 0 Å². The third-order valence-corrected chi connectivity index (χ3v) is 2.76. The predicted molar refractivity (Wildman–Crippen MR) is 93.5 cm³/mol. The first kappa shape index (κ1) is 17.3. The molecule has 4 N–H and O–H groups in total. The topological polar surface area (TPSA) is 65.5 Å². The standard InChI is InChI=1S/C17H24N5/c1-4-5-9-17(15(2)18)21-20-14-19-11-10-16-8-6-7-12-22(3)13-16/h4-6,8-9,12-14,21H,1,10-11,18H2,2-3H3,(H,19,20)/q+1/b9-5-,17-15+. The minimum atomic E-state index is 0.680. The minimum absolute atomic E-state index is 0.680. The number of nitrogens with one attached hydrogen (secondary N) is 2. The first-order chi connectivity index (χ1) is 10.6. The van der Waals surface area contributed by atoms with E-state index in [4.69, 9.17) is 5.73 Å². The number of nitrogens with two attached hydrogens (primary N) is 1. The lowest BCUT2D eigenvalue weighted by Crippen LogP contribution is -2.30. The molecule has 0 radical (unpaired) electrons. The molecule has 0 aromatic carbocycles. The molecule has 116 valence electrons. The van der Waals surface area contributed by atoms with Crippen molar-refractivity contribution in [3.05, 3.63) is 65.9 Å². The van der Waals surface area contributed by atoms with Crippen molar-refractivity contribution in [1.82, 2.24) is 10.9 Å². The highest BCUT2D eigenvalue weighted by molar-refractivity contribution is 5.75. The molecule has 0 aromatic rings. The maximum atomic E-state index is 5.76. The molecule has 0 unspecified atom stereocenters. The zero-order chi connectivity index (χ0) is 16.2. The summed E-state index contributed by atoms with van der Waals surface area (Å²) in [5.41, 5.74) is 17.4. The smallest absolute Gasteiger partial charge is 0.212 e. The maximum Gasteiger partial charge on any atom is 0.212 e. The van der Waals surface area contributed by atoms with Crippen molar-refractivity contribution in [3.8, 4) is 0 Å². The number of hydrogen-bond acceptors (Lipinski definition) is 3. The van der Waals surface area contributed by atoms with Crippen LogP contribution in [0, 0.1) is 0 Å². The van der Waals surface area contributed by atoms with Crippen LogP contribution < -0.4 is 16.6 Å². The van der Waals surface area contributed by atoms with Gasteiger partial charge in [-0.25, -0.2) is 4.58 Å². The first-order valence-electron chi connectivity index (χ1n) is 7.07. The van der Waals surface area contributed by atoms with Crippen LogP contribution in [0.25, 0.3) is 0 Å². The lowest BCUT2D eigenvalue weighted by molar-refractivity contribution is -0.416. The van der Waals surface area contributed by atoms with Gasteiger partial charge in [0.05, 0.1) is 5.70 Å². The Morgan fingerprint density at radius 3 is 3.09 bits per heavy atom. The molecule has 5 heteroatoms. The van der Waals surface area contributed by atoms with Gasteiger partial charge in [0.15, 0.2) is 6.21 Å². The van der Waals surface area contributed by atoms with Crippen molar-refractivity contribution < 1.29 is 4.58 Å². The number of allylic oxidation sites excluding steroid dienone is 6. The molecular weight excluding hydrogens is 274 g/mol. The molecule has 0 aliphatic carbocycles. The highest BCUT2D eigenvalue weighted by Crippen LogP contribution is 2.00. The Balaban J connectivity index is 2.36. The van der Waals surface area contributed by atoms with Gasteiger partial charge in [0.25, 0.3) is 0 Å². The molecule has 0 fully saturated rings. The first-order valence-corrected chi connectivity index (χ1v) is 7.07. The lowest BCUT2D eigenvalue weighted by atomic mass is 10.2. The predicted octanol–water partition coefficient (Wildman–Crippen LogP) is 1.75. The van der Waals surface area contributed by atoms with E-state index >= 15 is 0 Å². The van der Waals surface area contributed by atoms with E-state index in [1.54, 1.807) is 12.4 Å². The van der Waals surface area contributed by atoms with Crippen LogP contribution in [0.4, 0.5) is 0 Å². The SMILES string of the molecule is C=C/C=C\C(NNC=NCCC1=CC=C=C[N+](C)=C1)=C(\C)N. The molecule has 5 nitrogen and oxygen atoms in total. The van der Waals surface area contributed by atoms with E-state index in [2.05, 4.69) is 34.4 Å². The van der Waals surface area contributed by atoms with E-state index in [1.807, 2.05) is 49.1 Å². The Kier molecular flexibility index (Phi) is 7.87. The summed E-state index contributed by atoms with van der Waals surface area (Å²) >= 11 is 0. The van der Waals surface area contributed by atoms with Crippen LogP contribution in [0.5, 0.6) is 0 Å². The molecule has 0 bridgehead atoms. The number of nitrogens with zero attached hydrogens (tertiary/aromatic N) is 2. The third-order valence-electron chi connectivity index (χ3n) is 2.76. The molecule has 0 saturated carbocycles. The molecule has 0 aromatic heterocycles. The maximum absolute atomic E-state index is 5.76. The minimum Gasteiger partial charge on any atom is -0.401 e. The number of rotatable bonds is 8. The second kappa shape index (κ2) is 10.0. The fourth-order valence-electron chi connectivity index (χ4n) is 1.66. The van der Waals surface area contributed by atoms with Crippen LogP contribution in [0.3, 0.4) is 0 Å². The zero-order valence-corrected chi connectivity index (χ0v) is 13.2. The summed E-state index contributed by atoms with van der Waals surface area (Å²) in [5, 5.41) is 0. The van der Waals surface area contributed by atoms with Gasteiger partial charge in [-0.15, -0.1) is 0 Å². The summed E-state index contributed by atoms with van der Waals surface area (Å²) in [6.45, 7) is 6.14. The van der Waals surface area contributed by atoms with E-state index in [0.29, 0.717) is 12.2 Å². The summed E-state index contributed by atoms with van der Waals surface area (Å²) in [6.07, 6.45) is 15.7. The van der Waals surface area contributed by atoms with Crippen molar-refractivity contribution in [2.45, 2.75) is 13.3 Å². The molecule has 0 saturated heterocycles. The zero-order valence-electron chi connectivity index (χ0n) is 13.2. The van der Waals surface area contributed by atoms with Crippen molar-refractivity contribution in [3.63, 3.8) is 0 Å². The third kappa shape index (κ3) is 7.12. The summed E-state index contributed by atoms with van der Waals surface area (Å²) in [5.74, 6) is 0. The van der Waals surface area contributed by atoms with Gasteiger partial charge in [-0.1, -0.05) is 24.5 Å². The highest BCUT2D eigenvalue weighted by Gasteiger charge is 1.99. The van der Waals surface area contributed by atoms with Gasteiger partial charge in [0, 0.05) is 17.8 Å². The van der Waals surface area contributed by atoms with Crippen LogP contribution in [-0.4, -0.2) is 30.7 Å². The number of aliphatic imine (C=N–C) groups is 1. The monoisotopic (exact) mass is 298 g/mol. The summed E-state index contributed by atoms with van der Waals surface area (Å²) < 4.78 is 1.98. The molecule has 0 atom stereocenters. The quantitative estimate of drug-likeness (QED) is 0.160. The molecule has 1 rings (SSSR count). The van der Waals surface area contributed by atoms with E-state index in [0.717, 1.165) is 12.1 Å². The van der Waals surface area contributed by atoms with Crippen molar-refractivity contribution in [2.75, 3.05) is 13.6 Å². The molecule has 22 heavy (non-hydrogen) atoms. The van der Waals surface area contributed by atoms with Crippen LogP contribution in [0.15, 0.2) is 70.8 Å². The summed E-state index contributed by atoms with van der Waals surface area (Å²) in [4.78, 5) is 4.30. The van der Waals surface area contributed by atoms with Gasteiger partial charge in [-0.05, 0) is 31.6 Å². The van der Waals surface area contributed by atoms with Gasteiger partial charge >= 0.3 is 0 Å². The Hall–Kier alpha value is -2.78. The molecule has 1 heterocycles. The van der Waals surface area contributed by atoms with Gasteiger partial charge in [0.1, 0.15) is 13.4 Å². The average Bonchev–Trinajstić information content (AvgIpc) is 2.69. The van der Waals surface area contributed by atoms with Gasteiger partial charge < -0.3 is 5.73 Å². The normalized spacial score (nSPS) is 15.4. The van der Waals surface area contributed by atoms with E-state index in [1.165, 1.54) is 5.57 Å². The van der Waals surface area contributed by atoms with Crippen molar-refractivity contribution >= 4 is 12.6 Å². The average molecular weight is 298 g/mol. The van der Waals surface area contributed by atoms with Gasteiger partial charge in [-0.3, -0.25) is 15.8 Å². The Labute approximate surface area is 132 Å².